The zero-order chi connectivity index (χ0) is 33.3. The van der Waals surface area contributed by atoms with Crippen LogP contribution in [0.25, 0.3) is 11.3 Å². The fourth-order valence-electron chi connectivity index (χ4n) is 4.77. The van der Waals surface area contributed by atoms with Crippen molar-refractivity contribution in [2.75, 3.05) is 29.6 Å². The molecule has 7 nitrogen and oxygen atoms in total. The number of benzene rings is 2. The van der Waals surface area contributed by atoms with E-state index in [1.165, 1.54) is 19.9 Å². The Kier molecular flexibility index (Phi) is 9.69. The minimum absolute atomic E-state index is 0.0206. The number of ether oxygens (including phenoxy) is 2. The van der Waals surface area contributed by atoms with E-state index in [0.29, 0.717) is 37.0 Å². The molecule has 1 aliphatic rings. The number of amides is 1. The molecule has 15 heteroatoms. The van der Waals surface area contributed by atoms with E-state index in [2.05, 4.69) is 4.98 Å². The fraction of sp³-hybridized carbons (Fsp3) is 0.333. The van der Waals surface area contributed by atoms with Gasteiger partial charge in [0.15, 0.2) is 34.1 Å². The van der Waals surface area contributed by atoms with Gasteiger partial charge < -0.3 is 14.4 Å². The second-order valence-electron chi connectivity index (χ2n) is 10.3. The van der Waals surface area contributed by atoms with Crippen LogP contribution in [0.4, 0.5) is 42.1 Å². The van der Waals surface area contributed by atoms with Crippen molar-refractivity contribution >= 4 is 34.6 Å². The van der Waals surface area contributed by atoms with E-state index in [1.54, 1.807) is 0 Å². The van der Waals surface area contributed by atoms with Gasteiger partial charge in [0.25, 0.3) is 5.91 Å². The molecule has 238 valence electrons. The molecule has 1 amide bonds. The molecular weight excluding hydrogens is 629 g/mol. The minimum Gasteiger partial charge on any atom is -0.488 e. The molecule has 0 unspecified atom stereocenters. The number of pyridine rings is 1. The SMILES string of the molecule is CCOCCCCOc1c(F)cc(-c2ncc(N3C(=S)N(c4ccc(C#N)c(C(F)(F)F)c4F)C(=O)C3(C)C)cc2F)cc1F. The van der Waals surface area contributed by atoms with E-state index in [1.807, 2.05) is 6.92 Å². The number of alkyl halides is 3. The lowest BCUT2D eigenvalue weighted by Gasteiger charge is -2.29. The van der Waals surface area contributed by atoms with Gasteiger partial charge in [-0.25, -0.2) is 17.6 Å². The van der Waals surface area contributed by atoms with Crippen LogP contribution in [-0.4, -0.2) is 41.4 Å². The third-order valence-electron chi connectivity index (χ3n) is 6.92. The van der Waals surface area contributed by atoms with E-state index in [4.69, 9.17) is 27.0 Å². The van der Waals surface area contributed by atoms with Gasteiger partial charge in [0, 0.05) is 24.8 Å². The van der Waals surface area contributed by atoms with Crippen molar-refractivity contribution in [1.29, 1.82) is 5.26 Å². The number of nitrogens with zero attached hydrogens (tertiary/aromatic N) is 4. The Hall–Kier alpha value is -4.29. The zero-order valence-corrected chi connectivity index (χ0v) is 24.9. The molecule has 0 aliphatic carbocycles. The zero-order valence-electron chi connectivity index (χ0n) is 24.1. The third-order valence-corrected chi connectivity index (χ3v) is 7.29. The lowest BCUT2D eigenvalue weighted by Crippen LogP contribution is -2.44. The number of hydrogen-bond donors (Lipinski definition) is 0. The maximum Gasteiger partial charge on any atom is 0.420 e. The summed E-state index contributed by atoms with van der Waals surface area (Å²) < 4.78 is 111. The molecule has 0 atom stereocenters. The number of anilines is 2. The summed E-state index contributed by atoms with van der Waals surface area (Å²) in [4.78, 5) is 18.9. The molecule has 0 radical (unpaired) electrons. The van der Waals surface area contributed by atoms with Crippen LogP contribution in [0, 0.1) is 34.6 Å². The van der Waals surface area contributed by atoms with Crippen LogP contribution in [0.1, 0.15) is 44.7 Å². The highest BCUT2D eigenvalue weighted by molar-refractivity contribution is 7.81. The molecule has 1 fully saturated rings. The monoisotopic (exact) mass is 654 g/mol. The summed E-state index contributed by atoms with van der Waals surface area (Å²) in [6.07, 6.45) is -3.12. The van der Waals surface area contributed by atoms with Crippen LogP contribution < -0.4 is 14.5 Å². The van der Waals surface area contributed by atoms with E-state index in [9.17, 15) is 26.7 Å². The van der Waals surface area contributed by atoms with Crippen molar-refractivity contribution in [2.24, 2.45) is 0 Å². The summed E-state index contributed by atoms with van der Waals surface area (Å²) >= 11 is 5.34. The molecule has 45 heavy (non-hydrogen) atoms. The summed E-state index contributed by atoms with van der Waals surface area (Å²) in [5.74, 6) is -6.75. The van der Waals surface area contributed by atoms with Gasteiger partial charge in [-0.1, -0.05) is 0 Å². The van der Waals surface area contributed by atoms with Gasteiger partial charge in [0.2, 0.25) is 0 Å². The number of halogens is 7. The number of carbonyl (C=O) groups is 1. The molecule has 1 aliphatic heterocycles. The number of aromatic nitrogens is 1. The van der Waals surface area contributed by atoms with Gasteiger partial charge in [0.05, 0.1) is 35.8 Å². The van der Waals surface area contributed by atoms with Gasteiger partial charge in [-0.3, -0.25) is 14.7 Å². The highest BCUT2D eigenvalue weighted by Crippen LogP contribution is 2.42. The predicted molar refractivity (Wildman–Crippen MR) is 154 cm³/mol. The van der Waals surface area contributed by atoms with Crippen LogP contribution in [0.2, 0.25) is 0 Å². The Labute approximate surface area is 258 Å². The number of rotatable bonds is 10. The Morgan fingerprint density at radius 1 is 1.02 bits per heavy atom. The lowest BCUT2D eigenvalue weighted by molar-refractivity contribution is -0.140. The molecule has 1 aromatic heterocycles. The highest BCUT2D eigenvalue weighted by atomic mass is 32.1. The molecule has 0 bridgehead atoms. The van der Waals surface area contributed by atoms with E-state index in [0.717, 1.165) is 35.4 Å². The highest BCUT2D eigenvalue weighted by Gasteiger charge is 2.52. The Bertz CT molecular complexity index is 1670. The maximum absolute atomic E-state index is 15.4. The number of carbonyl (C=O) groups excluding carboxylic acids is 1. The van der Waals surface area contributed by atoms with Gasteiger partial charge in [0.1, 0.15) is 16.8 Å². The lowest BCUT2D eigenvalue weighted by atomic mass is 10.0. The predicted octanol–water partition coefficient (Wildman–Crippen LogP) is 7.31. The Morgan fingerprint density at radius 2 is 1.67 bits per heavy atom. The van der Waals surface area contributed by atoms with Gasteiger partial charge in [-0.2, -0.15) is 18.4 Å². The van der Waals surface area contributed by atoms with Crippen molar-refractivity contribution < 1.29 is 45.0 Å². The molecule has 1 saturated heterocycles. The smallest absolute Gasteiger partial charge is 0.420 e. The van der Waals surface area contributed by atoms with Crippen molar-refractivity contribution in [1.82, 2.24) is 4.98 Å². The first-order valence-corrected chi connectivity index (χ1v) is 13.9. The summed E-state index contributed by atoms with van der Waals surface area (Å²) in [5, 5.41) is 8.55. The van der Waals surface area contributed by atoms with Crippen LogP contribution in [0.3, 0.4) is 0 Å². The molecule has 0 saturated carbocycles. The Balaban J connectivity index is 1.64. The summed E-state index contributed by atoms with van der Waals surface area (Å²) in [7, 11) is 0. The summed E-state index contributed by atoms with van der Waals surface area (Å²) in [5.41, 5.74) is -6.28. The van der Waals surface area contributed by atoms with Gasteiger partial charge in [-0.15, -0.1) is 0 Å². The first kappa shape index (κ1) is 33.6. The number of hydrogen-bond acceptors (Lipinski definition) is 6. The minimum atomic E-state index is -5.26. The van der Waals surface area contributed by atoms with Crippen LogP contribution in [0.15, 0.2) is 36.5 Å². The number of nitriles is 1. The van der Waals surface area contributed by atoms with Crippen molar-refractivity contribution in [3.05, 3.63) is 70.9 Å². The second-order valence-corrected chi connectivity index (χ2v) is 10.7. The third kappa shape index (κ3) is 6.43. The molecule has 2 aromatic carbocycles. The molecule has 2 heterocycles. The normalized spacial score (nSPS) is 14.7. The average Bonchev–Trinajstić information content (AvgIpc) is 3.13. The van der Waals surface area contributed by atoms with Gasteiger partial charge >= 0.3 is 6.18 Å². The fourth-order valence-corrected chi connectivity index (χ4v) is 5.29. The second kappa shape index (κ2) is 13.0. The summed E-state index contributed by atoms with van der Waals surface area (Å²) in [6.45, 7) is 5.51. The van der Waals surface area contributed by atoms with E-state index >= 15 is 8.78 Å². The number of thiocarbonyl (C=S) groups is 1. The number of unbranched alkanes of at least 4 members (excludes halogenated alkanes) is 1. The van der Waals surface area contributed by atoms with E-state index < -0.39 is 74.3 Å². The van der Waals surface area contributed by atoms with E-state index in [-0.39, 0.29) is 17.9 Å². The molecule has 0 N–H and O–H groups in total. The van der Waals surface area contributed by atoms with Crippen molar-refractivity contribution in [3.63, 3.8) is 0 Å². The van der Waals surface area contributed by atoms with Crippen LogP contribution in [0.5, 0.6) is 5.75 Å². The average molecular weight is 655 g/mol. The molecule has 4 rings (SSSR count). The largest absolute Gasteiger partial charge is 0.488 e. The standard InChI is InChI=1S/C30H25F7N4O3S/c1-4-43-9-5-6-10-44-26-20(32)11-17(12-21(26)33)25-19(31)13-18(15-39-25)41-28(45)40(27(42)29(41,2)3)22-8-7-16(14-38)23(24(22)34)30(35,36)37/h7-8,11-13,15H,4-6,9-10H2,1-3H3. The van der Waals surface area contributed by atoms with Crippen molar-refractivity contribution in [2.45, 2.75) is 45.3 Å². The first-order valence-electron chi connectivity index (χ1n) is 13.5. The van der Waals surface area contributed by atoms with Crippen LogP contribution >= 0.6 is 12.2 Å². The Morgan fingerprint density at radius 3 is 2.24 bits per heavy atom. The maximum atomic E-state index is 15.4. The molecular formula is C30H25F7N4O3S. The summed E-state index contributed by atoms with van der Waals surface area (Å²) in [6, 6.07) is 5.33. The quantitative estimate of drug-likeness (QED) is 0.129. The first-order chi connectivity index (χ1) is 21.1. The molecule has 0 spiro atoms. The molecule has 3 aromatic rings. The topological polar surface area (TPSA) is 78.7 Å². The van der Waals surface area contributed by atoms with Gasteiger partial charge in [-0.05, 0) is 70.1 Å². The van der Waals surface area contributed by atoms with Crippen LogP contribution in [-0.2, 0) is 15.7 Å². The van der Waals surface area contributed by atoms with Crippen molar-refractivity contribution in [3.8, 4) is 23.1 Å².